The molecule has 1 N–H and O–H groups in total. The van der Waals surface area contributed by atoms with E-state index in [1.54, 1.807) is 0 Å². The van der Waals surface area contributed by atoms with Crippen molar-refractivity contribution >= 4 is 31.9 Å². The van der Waals surface area contributed by atoms with Crippen molar-refractivity contribution in [3.8, 4) is 0 Å². The molecule has 0 saturated carbocycles. The van der Waals surface area contributed by atoms with Gasteiger partial charge in [0.2, 0.25) is 0 Å². The Balaban J connectivity index is 2.44. The lowest BCUT2D eigenvalue weighted by atomic mass is 10.2. The second kappa shape index (κ2) is 8.25. The Morgan fingerprint density at radius 2 is 2.00 bits per heavy atom. The van der Waals surface area contributed by atoms with Gasteiger partial charge in [0.1, 0.15) is 0 Å². The van der Waals surface area contributed by atoms with Crippen LogP contribution in [0, 0.1) is 0 Å². The quantitative estimate of drug-likeness (QED) is 0.787. The number of hydrogen-bond acceptors (Lipinski definition) is 3. The summed E-state index contributed by atoms with van der Waals surface area (Å²) in [5.74, 6) is 0. The maximum atomic E-state index is 4.40. The largest absolute Gasteiger partial charge is 0.307 e. The van der Waals surface area contributed by atoms with Gasteiger partial charge in [-0.05, 0) is 57.9 Å². The minimum Gasteiger partial charge on any atom is -0.307 e. The molecular weight excluding hydrogens is 358 g/mol. The molecule has 1 aromatic heterocycles. The summed E-state index contributed by atoms with van der Waals surface area (Å²) in [6.45, 7) is 10.7. The van der Waals surface area contributed by atoms with Crippen molar-refractivity contribution in [2.75, 3.05) is 19.6 Å². The highest BCUT2D eigenvalue weighted by atomic mass is 79.9. The predicted octanol–water partition coefficient (Wildman–Crippen LogP) is 3.43. The first-order valence-electron chi connectivity index (χ1n) is 6.32. The molecular formula is C13H21Br2N3. The van der Waals surface area contributed by atoms with Crippen molar-refractivity contribution in [2.45, 2.75) is 33.4 Å². The van der Waals surface area contributed by atoms with Crippen LogP contribution in [0.5, 0.6) is 0 Å². The summed E-state index contributed by atoms with van der Waals surface area (Å²) >= 11 is 6.94. The van der Waals surface area contributed by atoms with E-state index in [0.29, 0.717) is 6.04 Å². The van der Waals surface area contributed by atoms with Crippen LogP contribution in [0.4, 0.5) is 0 Å². The predicted molar refractivity (Wildman–Crippen MR) is 83.7 cm³/mol. The van der Waals surface area contributed by atoms with Gasteiger partial charge in [0.15, 0.2) is 0 Å². The number of aromatic nitrogens is 1. The van der Waals surface area contributed by atoms with E-state index in [9.17, 15) is 0 Å². The molecule has 1 atom stereocenters. The lowest BCUT2D eigenvalue weighted by Crippen LogP contribution is -2.38. The number of rotatable bonds is 7. The molecule has 0 saturated heterocycles. The summed E-state index contributed by atoms with van der Waals surface area (Å²) in [6, 6.07) is 2.49. The fourth-order valence-corrected chi connectivity index (χ4v) is 2.91. The zero-order valence-electron chi connectivity index (χ0n) is 11.2. The molecule has 1 rings (SSSR count). The zero-order chi connectivity index (χ0) is 13.5. The first kappa shape index (κ1) is 16.1. The lowest BCUT2D eigenvalue weighted by Gasteiger charge is -2.23. The molecule has 3 nitrogen and oxygen atoms in total. The summed E-state index contributed by atoms with van der Waals surface area (Å²) < 4.78 is 2.04. The van der Waals surface area contributed by atoms with Crippen LogP contribution in [-0.4, -0.2) is 35.6 Å². The van der Waals surface area contributed by atoms with Crippen LogP contribution in [0.15, 0.2) is 21.2 Å². The first-order valence-corrected chi connectivity index (χ1v) is 7.91. The highest BCUT2D eigenvalue weighted by Crippen LogP contribution is 2.19. The van der Waals surface area contributed by atoms with Gasteiger partial charge in [-0.3, -0.25) is 4.98 Å². The van der Waals surface area contributed by atoms with Gasteiger partial charge in [0, 0.05) is 34.3 Å². The molecule has 18 heavy (non-hydrogen) atoms. The van der Waals surface area contributed by atoms with Crippen molar-refractivity contribution in [3.05, 3.63) is 26.9 Å². The van der Waals surface area contributed by atoms with Crippen molar-refractivity contribution in [2.24, 2.45) is 0 Å². The van der Waals surface area contributed by atoms with Gasteiger partial charge in [-0.25, -0.2) is 0 Å². The second-order valence-corrected chi connectivity index (χ2v) is 6.12. The summed E-state index contributed by atoms with van der Waals surface area (Å²) in [5.41, 5.74) is 1.05. The van der Waals surface area contributed by atoms with Crippen LogP contribution in [0.25, 0.3) is 0 Å². The normalized spacial score (nSPS) is 13.0. The number of pyridine rings is 1. The highest BCUT2D eigenvalue weighted by Gasteiger charge is 2.08. The van der Waals surface area contributed by atoms with E-state index in [1.807, 2.05) is 12.3 Å². The molecule has 0 fully saturated rings. The molecule has 5 heteroatoms. The molecule has 0 bridgehead atoms. The van der Waals surface area contributed by atoms with E-state index in [1.165, 1.54) is 0 Å². The number of hydrogen-bond donors (Lipinski definition) is 1. The van der Waals surface area contributed by atoms with Crippen LogP contribution >= 0.6 is 31.9 Å². The first-order chi connectivity index (χ1) is 8.56. The minimum atomic E-state index is 0.460. The van der Waals surface area contributed by atoms with E-state index < -0.39 is 0 Å². The Hall–Kier alpha value is 0.0300. The van der Waals surface area contributed by atoms with Gasteiger partial charge >= 0.3 is 0 Å². The van der Waals surface area contributed by atoms with Crippen LogP contribution in [0.2, 0.25) is 0 Å². The highest BCUT2D eigenvalue weighted by molar-refractivity contribution is 9.11. The Labute approximate surface area is 127 Å². The monoisotopic (exact) mass is 377 g/mol. The fraction of sp³-hybridized carbons (Fsp3) is 0.615. The van der Waals surface area contributed by atoms with Gasteiger partial charge in [-0.2, -0.15) is 0 Å². The average Bonchev–Trinajstić information content (AvgIpc) is 2.35. The number of likely N-dealkylation sites (N-methyl/N-ethyl adjacent to an activating group) is 1. The third kappa shape index (κ3) is 5.34. The molecule has 1 unspecified atom stereocenters. The van der Waals surface area contributed by atoms with Gasteiger partial charge in [-0.1, -0.05) is 13.8 Å². The van der Waals surface area contributed by atoms with Crippen LogP contribution in [0.1, 0.15) is 26.5 Å². The Morgan fingerprint density at radius 1 is 1.33 bits per heavy atom. The standard InChI is InChI=1S/C13H21Br2N3/c1-4-18(5-2)9-10(3)16-8-13-12(15)6-11(14)7-17-13/h6-7,10,16H,4-5,8-9H2,1-3H3. The molecule has 0 aromatic carbocycles. The molecule has 1 heterocycles. The molecule has 0 aliphatic carbocycles. The van der Waals surface area contributed by atoms with Crippen molar-refractivity contribution in [1.29, 1.82) is 0 Å². The number of nitrogens with zero attached hydrogens (tertiary/aromatic N) is 2. The van der Waals surface area contributed by atoms with Crippen LogP contribution in [0.3, 0.4) is 0 Å². The van der Waals surface area contributed by atoms with E-state index in [4.69, 9.17) is 0 Å². The van der Waals surface area contributed by atoms with E-state index in [0.717, 1.165) is 40.8 Å². The molecule has 0 aliphatic rings. The topological polar surface area (TPSA) is 28.2 Å². The van der Waals surface area contributed by atoms with Crippen LogP contribution < -0.4 is 5.32 Å². The molecule has 0 radical (unpaired) electrons. The maximum Gasteiger partial charge on any atom is 0.0684 e. The third-order valence-corrected chi connectivity index (χ3v) is 4.05. The van der Waals surface area contributed by atoms with E-state index in [-0.39, 0.29) is 0 Å². The Kier molecular flexibility index (Phi) is 7.37. The SMILES string of the molecule is CCN(CC)CC(C)NCc1ncc(Br)cc1Br. The molecule has 102 valence electrons. The molecule has 1 aromatic rings. The van der Waals surface area contributed by atoms with Crippen molar-refractivity contribution in [1.82, 2.24) is 15.2 Å². The van der Waals surface area contributed by atoms with Crippen LogP contribution in [-0.2, 0) is 6.54 Å². The maximum absolute atomic E-state index is 4.40. The van der Waals surface area contributed by atoms with Crippen molar-refractivity contribution in [3.63, 3.8) is 0 Å². The summed E-state index contributed by atoms with van der Waals surface area (Å²) in [4.78, 5) is 6.82. The average molecular weight is 379 g/mol. The van der Waals surface area contributed by atoms with E-state index >= 15 is 0 Å². The van der Waals surface area contributed by atoms with Gasteiger partial charge < -0.3 is 10.2 Å². The molecule has 0 aliphatic heterocycles. The minimum absolute atomic E-state index is 0.460. The number of halogens is 2. The fourth-order valence-electron chi connectivity index (χ4n) is 1.78. The Morgan fingerprint density at radius 3 is 2.56 bits per heavy atom. The smallest absolute Gasteiger partial charge is 0.0684 e. The lowest BCUT2D eigenvalue weighted by molar-refractivity contribution is 0.270. The summed E-state index contributed by atoms with van der Waals surface area (Å²) in [7, 11) is 0. The van der Waals surface area contributed by atoms with E-state index in [2.05, 4.69) is 67.8 Å². The second-order valence-electron chi connectivity index (χ2n) is 4.35. The summed E-state index contributed by atoms with van der Waals surface area (Å²) in [6.07, 6.45) is 1.83. The zero-order valence-corrected chi connectivity index (χ0v) is 14.4. The van der Waals surface area contributed by atoms with Gasteiger partial charge in [-0.15, -0.1) is 0 Å². The van der Waals surface area contributed by atoms with Gasteiger partial charge in [0.05, 0.1) is 5.69 Å². The third-order valence-electron chi connectivity index (χ3n) is 2.93. The summed E-state index contributed by atoms with van der Waals surface area (Å²) in [5, 5.41) is 3.51. The number of nitrogens with one attached hydrogen (secondary N) is 1. The molecule has 0 amide bonds. The van der Waals surface area contributed by atoms with Crippen molar-refractivity contribution < 1.29 is 0 Å². The molecule has 0 spiro atoms. The Bertz CT molecular complexity index is 367. The van der Waals surface area contributed by atoms with Gasteiger partial charge in [0.25, 0.3) is 0 Å².